The van der Waals surface area contributed by atoms with E-state index in [1.807, 2.05) is 31.2 Å². The highest BCUT2D eigenvalue weighted by atomic mass is 16.6. The van der Waals surface area contributed by atoms with Gasteiger partial charge in [0.2, 0.25) is 0 Å². The van der Waals surface area contributed by atoms with Gasteiger partial charge in [0.05, 0.1) is 17.1 Å². The van der Waals surface area contributed by atoms with Crippen molar-refractivity contribution in [3.8, 4) is 0 Å². The Hall–Kier alpha value is -3.22. The smallest absolute Gasteiger partial charge is 0.338 e. The summed E-state index contributed by atoms with van der Waals surface area (Å²) in [5, 5.41) is 11.1. The van der Waals surface area contributed by atoms with E-state index in [1.54, 1.807) is 14.0 Å². The first-order valence-corrected chi connectivity index (χ1v) is 8.10. The van der Waals surface area contributed by atoms with Gasteiger partial charge in [0.15, 0.2) is 0 Å². The molecule has 0 N–H and O–H groups in total. The number of hydrogen-bond acceptors (Lipinski definition) is 5. The Morgan fingerprint density at radius 1 is 1.15 bits per heavy atom. The first kappa shape index (κ1) is 19.1. The van der Waals surface area contributed by atoms with Gasteiger partial charge in [0, 0.05) is 31.3 Å². The van der Waals surface area contributed by atoms with Crippen LogP contribution in [-0.4, -0.2) is 35.4 Å². The zero-order chi connectivity index (χ0) is 19.3. The number of nitrogens with zero attached hydrogens (tertiary/aromatic N) is 2. The van der Waals surface area contributed by atoms with E-state index in [0.29, 0.717) is 6.54 Å². The first-order valence-electron chi connectivity index (χ1n) is 8.10. The van der Waals surface area contributed by atoms with Crippen LogP contribution in [0.5, 0.6) is 0 Å². The van der Waals surface area contributed by atoms with Crippen molar-refractivity contribution in [3.05, 3.63) is 74.8 Å². The molecule has 2 rings (SSSR count). The summed E-state index contributed by atoms with van der Waals surface area (Å²) in [6.07, 6.45) is 0. The summed E-state index contributed by atoms with van der Waals surface area (Å²) in [5.41, 5.74) is 1.73. The minimum atomic E-state index is -0.702. The minimum Gasteiger partial charge on any atom is -0.462 e. The summed E-state index contributed by atoms with van der Waals surface area (Å²) in [7, 11) is 1.61. The van der Waals surface area contributed by atoms with Gasteiger partial charge in [-0.1, -0.05) is 24.3 Å². The number of non-ortho nitro benzene ring substituents is 1. The van der Waals surface area contributed by atoms with Crippen LogP contribution in [0.25, 0.3) is 0 Å². The molecule has 0 heterocycles. The van der Waals surface area contributed by atoms with Gasteiger partial charge < -0.3 is 9.64 Å². The fourth-order valence-corrected chi connectivity index (χ4v) is 2.51. The van der Waals surface area contributed by atoms with Crippen molar-refractivity contribution in [1.29, 1.82) is 0 Å². The summed E-state index contributed by atoms with van der Waals surface area (Å²) < 4.78 is 4.88. The van der Waals surface area contributed by atoms with Crippen LogP contribution in [0.2, 0.25) is 0 Å². The lowest BCUT2D eigenvalue weighted by Crippen LogP contribution is -2.27. The molecule has 0 bridgehead atoms. The van der Waals surface area contributed by atoms with Gasteiger partial charge in [0.25, 0.3) is 11.6 Å². The number of amides is 1. The third-order valence-corrected chi connectivity index (χ3v) is 3.90. The fraction of sp³-hybridized carbons (Fsp3) is 0.263. The number of carbonyl (C=O) groups is 2. The van der Waals surface area contributed by atoms with Gasteiger partial charge in [-0.25, -0.2) is 4.79 Å². The highest BCUT2D eigenvalue weighted by Crippen LogP contribution is 2.20. The lowest BCUT2D eigenvalue weighted by atomic mass is 10.1. The van der Waals surface area contributed by atoms with Crippen molar-refractivity contribution in [2.75, 3.05) is 13.7 Å². The fourth-order valence-electron chi connectivity index (χ4n) is 2.51. The molecule has 0 aliphatic carbocycles. The molecule has 1 amide bonds. The van der Waals surface area contributed by atoms with Gasteiger partial charge in [-0.2, -0.15) is 0 Å². The molecular weight excluding hydrogens is 336 g/mol. The molecule has 0 atom stereocenters. The van der Waals surface area contributed by atoms with Crippen LogP contribution in [0, 0.1) is 17.0 Å². The maximum Gasteiger partial charge on any atom is 0.338 e. The van der Waals surface area contributed by atoms with Crippen molar-refractivity contribution in [2.24, 2.45) is 0 Å². The maximum atomic E-state index is 12.7. The average molecular weight is 356 g/mol. The van der Waals surface area contributed by atoms with Gasteiger partial charge >= 0.3 is 5.97 Å². The molecule has 2 aromatic rings. The van der Waals surface area contributed by atoms with E-state index in [4.69, 9.17) is 4.74 Å². The van der Waals surface area contributed by atoms with Crippen LogP contribution < -0.4 is 0 Å². The predicted octanol–water partition coefficient (Wildman–Crippen LogP) is 3.35. The topological polar surface area (TPSA) is 89.8 Å². The molecule has 7 heteroatoms. The van der Waals surface area contributed by atoms with Crippen LogP contribution in [0.15, 0.2) is 42.5 Å². The number of carbonyl (C=O) groups excluding carboxylic acids is 2. The molecule has 0 fully saturated rings. The van der Waals surface area contributed by atoms with Crippen LogP contribution in [-0.2, 0) is 11.3 Å². The minimum absolute atomic E-state index is 0.0197. The molecule has 0 aliphatic heterocycles. The van der Waals surface area contributed by atoms with Gasteiger partial charge in [-0.15, -0.1) is 0 Å². The van der Waals surface area contributed by atoms with Crippen molar-refractivity contribution >= 4 is 17.6 Å². The largest absolute Gasteiger partial charge is 0.462 e. The van der Waals surface area contributed by atoms with Crippen LogP contribution >= 0.6 is 0 Å². The van der Waals surface area contributed by atoms with Crippen molar-refractivity contribution < 1.29 is 19.2 Å². The molecule has 2 aromatic carbocycles. The molecule has 0 unspecified atom stereocenters. The third kappa shape index (κ3) is 4.44. The van der Waals surface area contributed by atoms with E-state index in [9.17, 15) is 19.7 Å². The number of nitro groups is 1. The highest BCUT2D eigenvalue weighted by molar-refractivity contribution is 5.98. The second-order valence-electron chi connectivity index (χ2n) is 5.83. The summed E-state index contributed by atoms with van der Waals surface area (Å²) in [6, 6.07) is 11.2. The number of hydrogen-bond donors (Lipinski definition) is 0. The van der Waals surface area contributed by atoms with E-state index in [2.05, 4.69) is 0 Å². The molecule has 136 valence electrons. The Balaban J connectivity index is 2.33. The summed E-state index contributed by atoms with van der Waals surface area (Å²) in [4.78, 5) is 36.6. The number of aryl methyl sites for hydroxylation is 1. The van der Waals surface area contributed by atoms with E-state index in [0.717, 1.165) is 17.2 Å². The monoisotopic (exact) mass is 356 g/mol. The third-order valence-electron chi connectivity index (χ3n) is 3.90. The number of nitro benzene ring substituents is 1. The highest BCUT2D eigenvalue weighted by Gasteiger charge is 2.21. The Kier molecular flexibility index (Phi) is 6.06. The molecule has 26 heavy (non-hydrogen) atoms. The molecule has 0 aromatic heterocycles. The number of ether oxygens (including phenoxy) is 1. The predicted molar refractivity (Wildman–Crippen MR) is 96.0 cm³/mol. The second kappa shape index (κ2) is 8.24. The normalized spacial score (nSPS) is 10.3. The van der Waals surface area contributed by atoms with E-state index in [-0.39, 0.29) is 23.4 Å². The molecule has 0 radical (unpaired) electrons. The van der Waals surface area contributed by atoms with Gasteiger partial charge in [-0.05, 0) is 31.0 Å². The standard InChI is InChI=1S/C19H20N2O5/c1-4-26-19(23)16-9-15(10-17(11-16)21(24)25)18(22)20(3)12-14-8-6-5-7-13(14)2/h5-11H,4,12H2,1-3H3. The SMILES string of the molecule is CCOC(=O)c1cc(C(=O)N(C)Cc2ccccc2C)cc([N+](=O)[O-])c1. The molecule has 0 saturated carbocycles. The van der Waals surface area contributed by atoms with Crippen molar-refractivity contribution in [1.82, 2.24) is 4.90 Å². The lowest BCUT2D eigenvalue weighted by Gasteiger charge is -2.19. The molecule has 0 saturated heterocycles. The number of benzene rings is 2. The molecule has 0 spiro atoms. The van der Waals surface area contributed by atoms with E-state index in [1.165, 1.54) is 17.0 Å². The van der Waals surface area contributed by atoms with Gasteiger partial charge in [0.1, 0.15) is 0 Å². The maximum absolute atomic E-state index is 12.7. The van der Waals surface area contributed by atoms with Crippen LogP contribution in [0.1, 0.15) is 38.8 Å². The molecule has 7 nitrogen and oxygen atoms in total. The molecule has 0 aliphatic rings. The Morgan fingerprint density at radius 2 is 1.81 bits per heavy atom. The average Bonchev–Trinajstić information content (AvgIpc) is 2.62. The Morgan fingerprint density at radius 3 is 2.42 bits per heavy atom. The number of rotatable bonds is 6. The van der Waals surface area contributed by atoms with Crippen molar-refractivity contribution in [2.45, 2.75) is 20.4 Å². The van der Waals surface area contributed by atoms with E-state index >= 15 is 0 Å². The Labute approximate surface area is 151 Å². The summed E-state index contributed by atoms with van der Waals surface area (Å²) >= 11 is 0. The van der Waals surface area contributed by atoms with Crippen molar-refractivity contribution in [3.63, 3.8) is 0 Å². The lowest BCUT2D eigenvalue weighted by molar-refractivity contribution is -0.384. The van der Waals surface area contributed by atoms with Crippen LogP contribution in [0.4, 0.5) is 5.69 Å². The zero-order valence-electron chi connectivity index (χ0n) is 14.9. The molecular formula is C19H20N2O5. The zero-order valence-corrected chi connectivity index (χ0v) is 14.9. The van der Waals surface area contributed by atoms with Gasteiger partial charge in [-0.3, -0.25) is 14.9 Å². The number of esters is 1. The van der Waals surface area contributed by atoms with E-state index < -0.39 is 16.8 Å². The van der Waals surface area contributed by atoms with Crippen LogP contribution in [0.3, 0.4) is 0 Å². The Bertz CT molecular complexity index is 848. The first-order chi connectivity index (χ1) is 12.3. The summed E-state index contributed by atoms with van der Waals surface area (Å²) in [5.74, 6) is -1.12. The quantitative estimate of drug-likeness (QED) is 0.450. The summed E-state index contributed by atoms with van der Waals surface area (Å²) in [6.45, 7) is 4.07. The second-order valence-corrected chi connectivity index (χ2v) is 5.83.